The predicted molar refractivity (Wildman–Crippen MR) is 105 cm³/mol. The molecule has 152 valence electrons. The van der Waals surface area contributed by atoms with Crippen molar-refractivity contribution in [3.8, 4) is 5.75 Å². The van der Waals surface area contributed by atoms with Crippen LogP contribution in [0, 0.1) is 17.8 Å². The number of hydrogen-bond acceptors (Lipinski definition) is 4. The minimum atomic E-state index is -0.464. The number of benzene rings is 1. The zero-order chi connectivity index (χ0) is 19.3. The van der Waals surface area contributed by atoms with Crippen molar-refractivity contribution in [2.45, 2.75) is 62.7 Å². The second-order valence-corrected chi connectivity index (χ2v) is 9.56. The summed E-state index contributed by atoms with van der Waals surface area (Å²) in [5.74, 6) is 2.37. The van der Waals surface area contributed by atoms with Crippen LogP contribution in [0.1, 0.15) is 55.3 Å². The summed E-state index contributed by atoms with van der Waals surface area (Å²) in [6.07, 6.45) is 6.96. The molecule has 5 fully saturated rings. The molecule has 6 rings (SSSR count). The average molecular weight is 386 g/mol. The maximum atomic E-state index is 13.3. The zero-order valence-corrected chi connectivity index (χ0v) is 16.7. The zero-order valence-electron chi connectivity index (χ0n) is 16.7. The fraction of sp³-hybridized carbons (Fsp3) is 0.696. The molecule has 2 atom stereocenters. The van der Waals surface area contributed by atoms with Gasteiger partial charge in [0.1, 0.15) is 11.9 Å². The minimum absolute atomic E-state index is 0.0712. The van der Waals surface area contributed by atoms with Crippen LogP contribution in [0.2, 0.25) is 0 Å². The highest BCUT2D eigenvalue weighted by molar-refractivity contribution is 5.94. The first kappa shape index (κ1) is 18.4. The SMILES string of the molecule is CN(C(=O)c1cccc(OC2CCOCC2)c1)C1C2CC3CC1CC(O)(C3)C2. The number of amides is 1. The van der Waals surface area contributed by atoms with E-state index in [0.717, 1.165) is 63.9 Å². The Morgan fingerprint density at radius 2 is 1.89 bits per heavy atom. The van der Waals surface area contributed by atoms with Gasteiger partial charge in [-0.1, -0.05) is 6.07 Å². The molecular weight excluding hydrogens is 354 g/mol. The Bertz CT molecular complexity index is 728. The van der Waals surface area contributed by atoms with Crippen LogP contribution in [-0.2, 0) is 4.74 Å². The van der Waals surface area contributed by atoms with E-state index >= 15 is 0 Å². The standard InChI is InChI=1S/C23H31NO4/c1-24(21-17-9-15-10-18(21)14-23(26,12-15)13-17)22(25)16-3-2-4-20(11-16)28-19-5-7-27-8-6-19/h2-4,11,15,17-19,21,26H,5-10,12-14H2,1H3. The summed E-state index contributed by atoms with van der Waals surface area (Å²) in [6.45, 7) is 1.48. The van der Waals surface area contributed by atoms with Crippen LogP contribution in [0.4, 0.5) is 0 Å². The number of hydrogen-bond donors (Lipinski definition) is 1. The second kappa shape index (κ2) is 7.03. The lowest BCUT2D eigenvalue weighted by Crippen LogP contribution is -2.61. The summed E-state index contributed by atoms with van der Waals surface area (Å²) in [7, 11) is 1.95. The molecular formula is C23H31NO4. The van der Waals surface area contributed by atoms with Gasteiger partial charge in [-0.3, -0.25) is 4.79 Å². The summed E-state index contributed by atoms with van der Waals surface area (Å²) in [4.78, 5) is 15.2. The van der Waals surface area contributed by atoms with Crippen LogP contribution < -0.4 is 4.74 Å². The number of carbonyl (C=O) groups is 1. The first-order valence-electron chi connectivity index (χ1n) is 10.8. The Morgan fingerprint density at radius 1 is 1.18 bits per heavy atom. The van der Waals surface area contributed by atoms with E-state index in [0.29, 0.717) is 23.3 Å². The van der Waals surface area contributed by atoms with Gasteiger partial charge in [0.2, 0.25) is 0 Å². The molecule has 1 aromatic rings. The van der Waals surface area contributed by atoms with Gasteiger partial charge in [-0.15, -0.1) is 0 Å². The van der Waals surface area contributed by atoms with Crippen molar-refractivity contribution in [1.82, 2.24) is 4.90 Å². The Balaban J connectivity index is 1.30. The smallest absolute Gasteiger partial charge is 0.253 e. The van der Waals surface area contributed by atoms with E-state index in [-0.39, 0.29) is 18.1 Å². The Morgan fingerprint density at radius 3 is 2.57 bits per heavy atom. The van der Waals surface area contributed by atoms with E-state index in [4.69, 9.17) is 9.47 Å². The van der Waals surface area contributed by atoms with E-state index in [1.165, 1.54) is 0 Å². The molecule has 1 aromatic carbocycles. The van der Waals surface area contributed by atoms with Crippen molar-refractivity contribution in [3.63, 3.8) is 0 Å². The van der Waals surface area contributed by atoms with E-state index < -0.39 is 5.60 Å². The summed E-state index contributed by atoms with van der Waals surface area (Å²) in [5, 5.41) is 10.8. The highest BCUT2D eigenvalue weighted by Crippen LogP contribution is 2.56. The van der Waals surface area contributed by atoms with Crippen LogP contribution in [0.3, 0.4) is 0 Å². The molecule has 5 aliphatic rings. The Labute approximate surface area is 167 Å². The topological polar surface area (TPSA) is 59.0 Å². The van der Waals surface area contributed by atoms with Gasteiger partial charge in [-0.2, -0.15) is 0 Å². The number of rotatable bonds is 4. The first-order valence-corrected chi connectivity index (χ1v) is 10.8. The van der Waals surface area contributed by atoms with E-state index in [2.05, 4.69) is 0 Å². The summed E-state index contributed by atoms with van der Waals surface area (Å²) in [6, 6.07) is 7.88. The molecule has 5 heteroatoms. The summed E-state index contributed by atoms with van der Waals surface area (Å²) < 4.78 is 11.5. The maximum absolute atomic E-state index is 13.3. The molecule has 5 nitrogen and oxygen atoms in total. The molecule has 4 aliphatic carbocycles. The second-order valence-electron chi connectivity index (χ2n) is 9.56. The van der Waals surface area contributed by atoms with Crippen molar-refractivity contribution < 1.29 is 19.4 Å². The highest BCUT2D eigenvalue weighted by Gasteiger charge is 2.56. The summed E-state index contributed by atoms with van der Waals surface area (Å²) in [5.41, 5.74) is 0.230. The van der Waals surface area contributed by atoms with E-state index in [9.17, 15) is 9.90 Å². The Hall–Kier alpha value is -1.59. The third-order valence-electron chi connectivity index (χ3n) is 7.51. The molecule has 0 radical (unpaired) electrons. The van der Waals surface area contributed by atoms with Crippen LogP contribution >= 0.6 is 0 Å². The van der Waals surface area contributed by atoms with Crippen LogP contribution in [0.15, 0.2) is 24.3 Å². The molecule has 1 amide bonds. The monoisotopic (exact) mass is 385 g/mol. The van der Waals surface area contributed by atoms with Gasteiger partial charge in [-0.25, -0.2) is 0 Å². The number of nitrogens with zero attached hydrogens (tertiary/aromatic N) is 1. The maximum Gasteiger partial charge on any atom is 0.253 e. The number of ether oxygens (including phenoxy) is 2. The fourth-order valence-electron chi connectivity index (χ4n) is 6.61. The van der Waals surface area contributed by atoms with Gasteiger partial charge in [-0.05, 0) is 68.1 Å². The third kappa shape index (κ3) is 3.33. The van der Waals surface area contributed by atoms with Crippen molar-refractivity contribution in [1.29, 1.82) is 0 Å². The molecule has 1 saturated heterocycles. The van der Waals surface area contributed by atoms with Gasteiger partial charge >= 0.3 is 0 Å². The lowest BCUT2D eigenvalue weighted by molar-refractivity contribution is -0.152. The van der Waals surface area contributed by atoms with Gasteiger partial charge in [0.05, 0.1) is 18.8 Å². The number of aliphatic hydroxyl groups is 1. The van der Waals surface area contributed by atoms with Crippen molar-refractivity contribution in [2.75, 3.05) is 20.3 Å². The van der Waals surface area contributed by atoms with Crippen molar-refractivity contribution in [2.24, 2.45) is 17.8 Å². The average Bonchev–Trinajstić information content (AvgIpc) is 2.66. The Kier molecular flexibility index (Phi) is 4.63. The van der Waals surface area contributed by atoms with Gasteiger partial charge in [0.15, 0.2) is 0 Å². The lowest BCUT2D eigenvalue weighted by atomic mass is 9.52. The molecule has 0 spiro atoms. The van der Waals surface area contributed by atoms with E-state index in [1.807, 2.05) is 36.2 Å². The van der Waals surface area contributed by atoms with Crippen LogP contribution in [0.5, 0.6) is 5.75 Å². The number of carbonyl (C=O) groups excluding carboxylic acids is 1. The molecule has 2 unspecified atom stereocenters. The third-order valence-corrected chi connectivity index (χ3v) is 7.51. The van der Waals surface area contributed by atoms with E-state index in [1.54, 1.807) is 0 Å². The molecule has 1 N–H and O–H groups in total. The molecule has 1 heterocycles. The molecule has 0 aromatic heterocycles. The van der Waals surface area contributed by atoms with Crippen LogP contribution in [-0.4, -0.2) is 53.9 Å². The highest BCUT2D eigenvalue weighted by atomic mass is 16.5. The summed E-state index contributed by atoms with van der Waals surface area (Å²) >= 11 is 0. The molecule has 4 saturated carbocycles. The minimum Gasteiger partial charge on any atom is -0.490 e. The van der Waals surface area contributed by atoms with Gasteiger partial charge in [0.25, 0.3) is 5.91 Å². The quantitative estimate of drug-likeness (QED) is 0.864. The first-order chi connectivity index (χ1) is 13.5. The van der Waals surface area contributed by atoms with Crippen molar-refractivity contribution in [3.05, 3.63) is 29.8 Å². The predicted octanol–water partition coefficient (Wildman–Crippen LogP) is 3.26. The largest absolute Gasteiger partial charge is 0.490 e. The normalized spacial score (nSPS) is 37.1. The van der Waals surface area contributed by atoms with Gasteiger partial charge in [0, 0.05) is 31.5 Å². The molecule has 1 aliphatic heterocycles. The van der Waals surface area contributed by atoms with Crippen LogP contribution in [0.25, 0.3) is 0 Å². The van der Waals surface area contributed by atoms with Crippen molar-refractivity contribution >= 4 is 5.91 Å². The fourth-order valence-corrected chi connectivity index (χ4v) is 6.61. The lowest BCUT2D eigenvalue weighted by Gasteiger charge is -2.59. The molecule has 4 bridgehead atoms. The van der Waals surface area contributed by atoms with Gasteiger partial charge < -0.3 is 19.5 Å². The molecule has 28 heavy (non-hydrogen) atoms.